The lowest BCUT2D eigenvalue weighted by Crippen LogP contribution is -2.27. The van der Waals surface area contributed by atoms with Crippen molar-refractivity contribution in [2.45, 2.75) is 32.4 Å². The molecule has 1 atom stereocenters. The molecule has 1 N–H and O–H groups in total. The van der Waals surface area contributed by atoms with Crippen LogP contribution in [0.2, 0.25) is 5.02 Å². The maximum Gasteiger partial charge on any atom is 0.125 e. The molecule has 0 heterocycles. The minimum Gasteiger partial charge on any atom is -0.310 e. The zero-order valence-electron chi connectivity index (χ0n) is 8.76. The first kappa shape index (κ1) is 10.9. The predicted molar refractivity (Wildman–Crippen MR) is 60.4 cm³/mol. The molecule has 1 nitrogen and oxygen atoms in total. The molecular weight excluding hydrogens is 213 g/mol. The molecule has 1 aromatic carbocycles. The fourth-order valence-corrected chi connectivity index (χ4v) is 2.00. The van der Waals surface area contributed by atoms with Crippen molar-refractivity contribution in [2.75, 3.05) is 0 Å². The van der Waals surface area contributed by atoms with Crippen LogP contribution < -0.4 is 5.32 Å². The van der Waals surface area contributed by atoms with Gasteiger partial charge in [-0.05, 0) is 49.4 Å². The molecule has 1 fully saturated rings. The zero-order valence-corrected chi connectivity index (χ0v) is 9.52. The molecule has 1 aromatic rings. The van der Waals surface area contributed by atoms with Crippen LogP contribution in [0.25, 0.3) is 0 Å². The van der Waals surface area contributed by atoms with Crippen LogP contribution in [0.4, 0.5) is 4.39 Å². The van der Waals surface area contributed by atoms with Gasteiger partial charge in [0.1, 0.15) is 5.82 Å². The Balaban J connectivity index is 1.91. The smallest absolute Gasteiger partial charge is 0.125 e. The first-order valence-electron chi connectivity index (χ1n) is 5.33. The lowest BCUT2D eigenvalue weighted by atomic mass is 10.2. The quantitative estimate of drug-likeness (QED) is 0.832. The van der Waals surface area contributed by atoms with E-state index in [0.29, 0.717) is 17.6 Å². The van der Waals surface area contributed by atoms with Gasteiger partial charge >= 0.3 is 0 Å². The number of halogens is 2. The van der Waals surface area contributed by atoms with Crippen molar-refractivity contribution in [1.29, 1.82) is 0 Å². The van der Waals surface area contributed by atoms with Crippen LogP contribution >= 0.6 is 11.6 Å². The summed E-state index contributed by atoms with van der Waals surface area (Å²) in [7, 11) is 0. The van der Waals surface area contributed by atoms with E-state index in [0.717, 1.165) is 11.5 Å². The van der Waals surface area contributed by atoms with Crippen LogP contribution in [0.3, 0.4) is 0 Å². The van der Waals surface area contributed by atoms with E-state index in [1.165, 1.54) is 25.0 Å². The highest BCUT2D eigenvalue weighted by Crippen LogP contribution is 2.32. The van der Waals surface area contributed by atoms with Crippen LogP contribution in [-0.2, 0) is 6.54 Å². The lowest BCUT2D eigenvalue weighted by molar-refractivity contribution is 0.495. The average Bonchev–Trinajstić information content (AvgIpc) is 2.95. The number of rotatable bonds is 4. The molecule has 3 heteroatoms. The van der Waals surface area contributed by atoms with E-state index in [1.807, 2.05) is 0 Å². The molecule has 0 amide bonds. The van der Waals surface area contributed by atoms with Gasteiger partial charge in [-0.2, -0.15) is 0 Å². The number of benzene rings is 1. The molecule has 0 bridgehead atoms. The normalized spacial score (nSPS) is 17.8. The number of nitrogens with one attached hydrogen (secondary N) is 1. The highest BCUT2D eigenvalue weighted by atomic mass is 35.5. The second-order valence-electron chi connectivity index (χ2n) is 4.28. The van der Waals surface area contributed by atoms with E-state index in [9.17, 15) is 4.39 Å². The highest BCUT2D eigenvalue weighted by molar-refractivity contribution is 6.30. The highest BCUT2D eigenvalue weighted by Gasteiger charge is 2.27. The molecule has 15 heavy (non-hydrogen) atoms. The van der Waals surface area contributed by atoms with Crippen LogP contribution in [-0.4, -0.2) is 6.04 Å². The second kappa shape index (κ2) is 4.50. The van der Waals surface area contributed by atoms with Gasteiger partial charge in [-0.25, -0.2) is 4.39 Å². The third kappa shape index (κ3) is 3.18. The molecule has 1 aliphatic rings. The summed E-state index contributed by atoms with van der Waals surface area (Å²) in [6.07, 6.45) is 2.64. The van der Waals surface area contributed by atoms with E-state index in [-0.39, 0.29) is 5.82 Å². The van der Waals surface area contributed by atoms with Crippen molar-refractivity contribution < 1.29 is 4.39 Å². The third-order valence-electron chi connectivity index (χ3n) is 2.88. The summed E-state index contributed by atoms with van der Waals surface area (Å²) in [5.41, 5.74) is 0.910. The van der Waals surface area contributed by atoms with Crippen molar-refractivity contribution in [2.24, 2.45) is 5.92 Å². The maximum absolute atomic E-state index is 13.0. The summed E-state index contributed by atoms with van der Waals surface area (Å²) < 4.78 is 13.0. The zero-order chi connectivity index (χ0) is 10.8. The summed E-state index contributed by atoms with van der Waals surface area (Å²) in [6, 6.07) is 5.18. The maximum atomic E-state index is 13.0. The summed E-state index contributed by atoms with van der Waals surface area (Å²) in [6.45, 7) is 2.87. The molecule has 1 saturated carbocycles. The van der Waals surface area contributed by atoms with Crippen molar-refractivity contribution in [3.05, 3.63) is 34.6 Å². The largest absolute Gasteiger partial charge is 0.310 e. The molecule has 0 aromatic heterocycles. The molecule has 0 saturated heterocycles. The van der Waals surface area contributed by atoms with E-state index in [4.69, 9.17) is 11.6 Å². The van der Waals surface area contributed by atoms with Gasteiger partial charge in [0, 0.05) is 17.6 Å². The minimum absolute atomic E-state index is 0.265. The third-order valence-corrected chi connectivity index (χ3v) is 3.10. The first-order valence-corrected chi connectivity index (χ1v) is 5.71. The van der Waals surface area contributed by atoms with Crippen LogP contribution in [0.1, 0.15) is 25.3 Å². The molecule has 82 valence electrons. The van der Waals surface area contributed by atoms with Gasteiger partial charge in [-0.3, -0.25) is 0 Å². The fraction of sp³-hybridized carbons (Fsp3) is 0.500. The summed E-state index contributed by atoms with van der Waals surface area (Å²) >= 11 is 5.77. The van der Waals surface area contributed by atoms with E-state index in [1.54, 1.807) is 6.07 Å². The topological polar surface area (TPSA) is 12.0 Å². The molecule has 1 unspecified atom stereocenters. The molecule has 0 aliphatic heterocycles. The van der Waals surface area contributed by atoms with Gasteiger partial charge < -0.3 is 5.32 Å². The Labute approximate surface area is 94.6 Å². The average molecular weight is 228 g/mol. The van der Waals surface area contributed by atoms with Crippen LogP contribution in [0.5, 0.6) is 0 Å². The van der Waals surface area contributed by atoms with Crippen LogP contribution in [0, 0.1) is 11.7 Å². The predicted octanol–water partition coefficient (Wildman–Crippen LogP) is 3.37. The van der Waals surface area contributed by atoms with Gasteiger partial charge in [0.2, 0.25) is 0 Å². The lowest BCUT2D eigenvalue weighted by Gasteiger charge is -2.12. The Morgan fingerprint density at radius 2 is 2.20 bits per heavy atom. The summed E-state index contributed by atoms with van der Waals surface area (Å²) in [4.78, 5) is 0. The van der Waals surface area contributed by atoms with Gasteiger partial charge in [0.15, 0.2) is 0 Å². The van der Waals surface area contributed by atoms with Gasteiger partial charge in [0.25, 0.3) is 0 Å². The first-order chi connectivity index (χ1) is 7.15. The fourth-order valence-electron chi connectivity index (χ4n) is 1.75. The van der Waals surface area contributed by atoms with Crippen LogP contribution in [0.15, 0.2) is 18.2 Å². The second-order valence-corrected chi connectivity index (χ2v) is 4.72. The van der Waals surface area contributed by atoms with E-state index in [2.05, 4.69) is 12.2 Å². The molecule has 2 rings (SSSR count). The summed E-state index contributed by atoms with van der Waals surface area (Å²) in [5, 5.41) is 3.85. The van der Waals surface area contributed by atoms with Gasteiger partial charge in [-0.1, -0.05) is 11.6 Å². The van der Waals surface area contributed by atoms with E-state index < -0.39 is 0 Å². The van der Waals surface area contributed by atoms with E-state index >= 15 is 0 Å². The Morgan fingerprint density at radius 3 is 2.80 bits per heavy atom. The number of hydrogen-bond acceptors (Lipinski definition) is 1. The standard InChI is InChI=1S/C12H15ClFN/c1-8(10-2-3-10)15-7-9-4-11(13)6-12(14)5-9/h4-6,8,10,15H,2-3,7H2,1H3. The Hall–Kier alpha value is -0.600. The SMILES string of the molecule is CC(NCc1cc(F)cc(Cl)c1)C1CC1. The van der Waals surface area contributed by atoms with Crippen molar-refractivity contribution >= 4 is 11.6 Å². The number of hydrogen-bond donors (Lipinski definition) is 1. The molecule has 0 spiro atoms. The minimum atomic E-state index is -0.265. The molecule has 0 radical (unpaired) electrons. The Bertz CT molecular complexity index is 329. The Morgan fingerprint density at radius 1 is 1.47 bits per heavy atom. The molecular formula is C12H15ClFN. The monoisotopic (exact) mass is 227 g/mol. The van der Waals surface area contributed by atoms with Gasteiger partial charge in [-0.15, -0.1) is 0 Å². The molecule has 1 aliphatic carbocycles. The van der Waals surface area contributed by atoms with Crippen molar-refractivity contribution in [1.82, 2.24) is 5.32 Å². The summed E-state index contributed by atoms with van der Waals surface area (Å²) in [5.74, 6) is 0.549. The van der Waals surface area contributed by atoms with Crippen molar-refractivity contribution in [3.63, 3.8) is 0 Å². The van der Waals surface area contributed by atoms with Gasteiger partial charge in [0.05, 0.1) is 0 Å². The van der Waals surface area contributed by atoms with Crippen molar-refractivity contribution in [3.8, 4) is 0 Å². The Kier molecular flexibility index (Phi) is 3.27.